The van der Waals surface area contributed by atoms with Crippen molar-refractivity contribution in [2.24, 2.45) is 17.2 Å². The summed E-state index contributed by atoms with van der Waals surface area (Å²) in [6, 6.07) is 7.63. The van der Waals surface area contributed by atoms with Gasteiger partial charge in [-0.2, -0.15) is 0 Å². The molecule has 5 nitrogen and oxygen atoms in total. The molecule has 0 aromatic heterocycles. The number of rotatable bonds is 7. The van der Waals surface area contributed by atoms with Gasteiger partial charge in [-0.1, -0.05) is 12.1 Å². The Balaban J connectivity index is 2.78. The van der Waals surface area contributed by atoms with E-state index < -0.39 is 0 Å². The molecular formula is C13H25N5. The third kappa shape index (κ3) is 4.27. The first-order valence-corrected chi connectivity index (χ1v) is 6.33. The van der Waals surface area contributed by atoms with Crippen LogP contribution in [0, 0.1) is 0 Å². The lowest BCUT2D eigenvalue weighted by Gasteiger charge is -2.27. The van der Waals surface area contributed by atoms with E-state index in [9.17, 15) is 0 Å². The molecule has 18 heavy (non-hydrogen) atoms. The maximum Gasteiger partial charge on any atom is 0.0314 e. The van der Waals surface area contributed by atoms with Crippen LogP contribution in [0.5, 0.6) is 0 Å². The molecule has 0 bridgehead atoms. The molecule has 1 aromatic carbocycles. The average Bonchev–Trinajstić information content (AvgIpc) is 2.35. The van der Waals surface area contributed by atoms with Crippen molar-refractivity contribution >= 4 is 5.69 Å². The minimum Gasteiger partial charge on any atom is -0.399 e. The van der Waals surface area contributed by atoms with Gasteiger partial charge in [0.2, 0.25) is 0 Å². The Hall–Kier alpha value is -1.14. The van der Waals surface area contributed by atoms with E-state index in [-0.39, 0.29) is 18.0 Å². The molecule has 5 heteroatoms. The van der Waals surface area contributed by atoms with Crippen molar-refractivity contribution in [1.29, 1.82) is 0 Å². The number of nitrogens with two attached hydrogens (primary N) is 4. The van der Waals surface area contributed by atoms with Crippen molar-refractivity contribution in [3.05, 3.63) is 29.8 Å². The number of hydrogen-bond donors (Lipinski definition) is 5. The standard InChI is InChI=1S/C13H25N5/c1-9(15)13(17)12(8-18-7-6-14)10-2-4-11(16)5-3-10/h2-5,9,12-13,18H,6-8,14-17H2,1H3. The van der Waals surface area contributed by atoms with E-state index in [4.69, 9.17) is 22.9 Å². The van der Waals surface area contributed by atoms with Crippen molar-refractivity contribution in [2.45, 2.75) is 24.9 Å². The van der Waals surface area contributed by atoms with Crippen LogP contribution < -0.4 is 28.3 Å². The average molecular weight is 251 g/mol. The van der Waals surface area contributed by atoms with Crippen LogP contribution in [0.25, 0.3) is 0 Å². The number of nitrogens with one attached hydrogen (secondary N) is 1. The highest BCUT2D eigenvalue weighted by Crippen LogP contribution is 2.20. The van der Waals surface area contributed by atoms with Gasteiger partial charge in [0.15, 0.2) is 0 Å². The highest BCUT2D eigenvalue weighted by Gasteiger charge is 2.22. The lowest BCUT2D eigenvalue weighted by atomic mass is 9.88. The van der Waals surface area contributed by atoms with Gasteiger partial charge < -0.3 is 28.3 Å². The lowest BCUT2D eigenvalue weighted by molar-refractivity contribution is 0.443. The summed E-state index contributed by atoms with van der Waals surface area (Å²) in [6.45, 7) is 4.08. The van der Waals surface area contributed by atoms with Crippen molar-refractivity contribution in [3.8, 4) is 0 Å². The van der Waals surface area contributed by atoms with E-state index in [1.807, 2.05) is 31.2 Å². The summed E-state index contributed by atoms with van der Waals surface area (Å²) in [5, 5.41) is 3.29. The second-order valence-electron chi connectivity index (χ2n) is 4.70. The quantitative estimate of drug-likeness (QED) is 0.333. The number of benzene rings is 1. The molecule has 0 fully saturated rings. The van der Waals surface area contributed by atoms with Crippen molar-refractivity contribution in [2.75, 3.05) is 25.4 Å². The molecule has 0 heterocycles. The normalized spacial score (nSPS) is 16.2. The summed E-state index contributed by atoms with van der Waals surface area (Å²) < 4.78 is 0. The smallest absolute Gasteiger partial charge is 0.0314 e. The lowest BCUT2D eigenvalue weighted by Crippen LogP contribution is -2.47. The van der Waals surface area contributed by atoms with Gasteiger partial charge in [-0.05, 0) is 24.6 Å². The predicted octanol–water partition coefficient (Wildman–Crippen LogP) is -0.425. The summed E-state index contributed by atoms with van der Waals surface area (Å²) in [5.41, 5.74) is 25.2. The fraction of sp³-hybridized carbons (Fsp3) is 0.538. The SMILES string of the molecule is CC(N)C(N)C(CNCCN)c1ccc(N)cc1. The summed E-state index contributed by atoms with van der Waals surface area (Å²) in [7, 11) is 0. The molecule has 0 saturated carbocycles. The second-order valence-corrected chi connectivity index (χ2v) is 4.70. The Morgan fingerprint density at radius 3 is 2.28 bits per heavy atom. The Morgan fingerprint density at radius 2 is 1.78 bits per heavy atom. The Morgan fingerprint density at radius 1 is 1.17 bits per heavy atom. The molecule has 0 amide bonds. The van der Waals surface area contributed by atoms with Crippen LogP contribution in [0.4, 0.5) is 5.69 Å². The highest BCUT2D eigenvalue weighted by molar-refractivity contribution is 5.40. The summed E-state index contributed by atoms with van der Waals surface area (Å²) in [5.74, 6) is 0.164. The first-order chi connectivity index (χ1) is 8.56. The Labute approximate surface area is 109 Å². The van der Waals surface area contributed by atoms with Crippen molar-refractivity contribution in [1.82, 2.24) is 5.32 Å². The zero-order chi connectivity index (χ0) is 13.5. The van der Waals surface area contributed by atoms with E-state index in [2.05, 4.69) is 5.32 Å². The summed E-state index contributed by atoms with van der Waals surface area (Å²) >= 11 is 0. The fourth-order valence-electron chi connectivity index (χ4n) is 1.95. The molecule has 0 aliphatic carbocycles. The molecule has 102 valence electrons. The van der Waals surface area contributed by atoms with E-state index in [1.54, 1.807) is 0 Å². The molecule has 0 spiro atoms. The van der Waals surface area contributed by atoms with Gasteiger partial charge in [0.1, 0.15) is 0 Å². The molecule has 0 aliphatic rings. The van der Waals surface area contributed by atoms with E-state index in [0.717, 1.165) is 24.3 Å². The number of anilines is 1. The van der Waals surface area contributed by atoms with Gasteiger partial charge in [-0.3, -0.25) is 0 Å². The van der Waals surface area contributed by atoms with Gasteiger partial charge >= 0.3 is 0 Å². The van der Waals surface area contributed by atoms with Crippen LogP contribution in [0.1, 0.15) is 18.4 Å². The van der Waals surface area contributed by atoms with E-state index in [0.29, 0.717) is 6.54 Å². The van der Waals surface area contributed by atoms with Crippen LogP contribution in [0.2, 0.25) is 0 Å². The number of hydrogen-bond acceptors (Lipinski definition) is 5. The summed E-state index contributed by atoms with van der Waals surface area (Å²) in [4.78, 5) is 0. The van der Waals surface area contributed by atoms with Crippen LogP contribution in [0.15, 0.2) is 24.3 Å². The van der Waals surface area contributed by atoms with Crippen molar-refractivity contribution < 1.29 is 0 Å². The molecule has 9 N–H and O–H groups in total. The zero-order valence-electron chi connectivity index (χ0n) is 11.0. The molecule has 0 aliphatic heterocycles. The van der Waals surface area contributed by atoms with Crippen LogP contribution in [0.3, 0.4) is 0 Å². The van der Waals surface area contributed by atoms with Crippen molar-refractivity contribution in [3.63, 3.8) is 0 Å². The van der Waals surface area contributed by atoms with E-state index in [1.165, 1.54) is 0 Å². The molecule has 1 aromatic rings. The van der Waals surface area contributed by atoms with Gasteiger partial charge in [0.25, 0.3) is 0 Å². The number of nitrogen functional groups attached to an aromatic ring is 1. The molecule has 0 saturated heterocycles. The van der Waals surface area contributed by atoms with Gasteiger partial charge in [0.05, 0.1) is 0 Å². The molecular weight excluding hydrogens is 226 g/mol. The molecule has 0 radical (unpaired) electrons. The highest BCUT2D eigenvalue weighted by atomic mass is 14.9. The third-order valence-electron chi connectivity index (χ3n) is 3.12. The first-order valence-electron chi connectivity index (χ1n) is 6.33. The second kappa shape index (κ2) is 7.33. The maximum atomic E-state index is 6.19. The first kappa shape index (κ1) is 14.9. The van der Waals surface area contributed by atoms with Gasteiger partial charge in [0, 0.05) is 43.3 Å². The van der Waals surface area contributed by atoms with Crippen LogP contribution in [-0.2, 0) is 0 Å². The van der Waals surface area contributed by atoms with Crippen LogP contribution >= 0.6 is 0 Å². The Bertz CT molecular complexity index is 336. The minimum atomic E-state index is -0.0982. The third-order valence-corrected chi connectivity index (χ3v) is 3.12. The largest absolute Gasteiger partial charge is 0.399 e. The zero-order valence-corrected chi connectivity index (χ0v) is 11.0. The molecule has 3 atom stereocenters. The fourth-order valence-corrected chi connectivity index (χ4v) is 1.95. The van der Waals surface area contributed by atoms with E-state index >= 15 is 0 Å². The van der Waals surface area contributed by atoms with Crippen LogP contribution in [-0.4, -0.2) is 31.7 Å². The summed E-state index contributed by atoms with van der Waals surface area (Å²) in [6.07, 6.45) is 0. The minimum absolute atomic E-state index is 0.0628. The van der Waals surface area contributed by atoms with Gasteiger partial charge in [-0.25, -0.2) is 0 Å². The predicted molar refractivity (Wildman–Crippen MR) is 77.1 cm³/mol. The molecule has 1 rings (SSSR count). The maximum absolute atomic E-state index is 6.19. The monoisotopic (exact) mass is 251 g/mol. The van der Waals surface area contributed by atoms with Gasteiger partial charge in [-0.15, -0.1) is 0 Å². The topological polar surface area (TPSA) is 116 Å². The Kier molecular flexibility index (Phi) is 6.07. The molecule has 3 unspecified atom stereocenters.